The number of aromatic nitrogens is 3. The Morgan fingerprint density at radius 2 is 1.73 bits per heavy atom. The van der Waals surface area contributed by atoms with Crippen LogP contribution in [0.3, 0.4) is 0 Å². The van der Waals surface area contributed by atoms with Crippen LogP contribution in [-0.2, 0) is 4.79 Å². The van der Waals surface area contributed by atoms with Gasteiger partial charge in [0.1, 0.15) is 0 Å². The van der Waals surface area contributed by atoms with Gasteiger partial charge in [0.2, 0.25) is 5.91 Å². The van der Waals surface area contributed by atoms with Gasteiger partial charge in [-0.3, -0.25) is 20.2 Å². The largest absolute Gasteiger partial charge is 0.358 e. The van der Waals surface area contributed by atoms with E-state index >= 15 is 0 Å². The maximum absolute atomic E-state index is 12.2. The molecule has 0 bridgehead atoms. The minimum atomic E-state index is -0.233. The number of rotatable bonds is 7. The Morgan fingerprint density at radius 1 is 1.07 bits per heavy atom. The summed E-state index contributed by atoms with van der Waals surface area (Å²) in [6.07, 6.45) is 0. The van der Waals surface area contributed by atoms with Crippen molar-refractivity contribution in [3.8, 4) is 17.1 Å². The number of nitrogens with zero attached hydrogens (tertiary/aromatic N) is 3. The van der Waals surface area contributed by atoms with E-state index in [0.717, 1.165) is 16.8 Å². The standard InChI is InChI=1S/C21H22N6OS2/c1-15(2)13-22-20(29)25-23-18(28)14-30-21-26-24-19(16-9-5-3-6-10-16)27(21)17-11-7-4-8-12-17/h3-12H,1,13-14H2,2H3,(H,23,28)(H2,22,25,29). The highest BCUT2D eigenvalue weighted by Crippen LogP contribution is 2.27. The summed E-state index contributed by atoms with van der Waals surface area (Å²) in [5, 5.41) is 12.6. The van der Waals surface area contributed by atoms with Crippen LogP contribution in [0.25, 0.3) is 17.1 Å². The van der Waals surface area contributed by atoms with Crippen molar-refractivity contribution in [1.29, 1.82) is 0 Å². The van der Waals surface area contributed by atoms with Crippen LogP contribution in [0, 0.1) is 0 Å². The summed E-state index contributed by atoms with van der Waals surface area (Å²) in [6.45, 7) is 6.21. The van der Waals surface area contributed by atoms with Crippen LogP contribution < -0.4 is 16.2 Å². The van der Waals surface area contributed by atoms with Gasteiger partial charge in [-0.1, -0.05) is 72.4 Å². The van der Waals surface area contributed by atoms with E-state index in [2.05, 4.69) is 32.9 Å². The Bertz CT molecular complexity index is 1020. The lowest BCUT2D eigenvalue weighted by molar-refractivity contribution is -0.119. The van der Waals surface area contributed by atoms with Crippen molar-refractivity contribution in [3.05, 3.63) is 72.8 Å². The minimum Gasteiger partial charge on any atom is -0.358 e. The van der Waals surface area contributed by atoms with Crippen LogP contribution in [0.2, 0.25) is 0 Å². The summed E-state index contributed by atoms with van der Waals surface area (Å²) in [5.74, 6) is 0.631. The first kappa shape index (κ1) is 21.5. The molecule has 0 unspecified atom stereocenters. The topological polar surface area (TPSA) is 83.9 Å². The van der Waals surface area contributed by atoms with Crippen molar-refractivity contribution in [1.82, 2.24) is 30.9 Å². The van der Waals surface area contributed by atoms with Crippen molar-refractivity contribution in [2.24, 2.45) is 0 Å². The van der Waals surface area contributed by atoms with Crippen LogP contribution in [0.5, 0.6) is 0 Å². The molecule has 3 N–H and O–H groups in total. The Labute approximate surface area is 185 Å². The molecule has 0 atom stereocenters. The number of amides is 1. The quantitative estimate of drug-likeness (QED) is 0.226. The number of hydrazine groups is 1. The Balaban J connectivity index is 1.69. The van der Waals surface area contributed by atoms with Crippen LogP contribution in [-0.4, -0.2) is 38.1 Å². The predicted molar refractivity (Wildman–Crippen MR) is 124 cm³/mol. The fourth-order valence-electron chi connectivity index (χ4n) is 2.52. The van der Waals surface area contributed by atoms with E-state index in [-0.39, 0.29) is 11.7 Å². The number of carbonyl (C=O) groups excluding carboxylic acids is 1. The van der Waals surface area contributed by atoms with Crippen LogP contribution in [0.15, 0.2) is 78.0 Å². The maximum Gasteiger partial charge on any atom is 0.248 e. The second-order valence-corrected chi connectivity index (χ2v) is 7.80. The van der Waals surface area contributed by atoms with Crippen LogP contribution in [0.4, 0.5) is 0 Å². The molecule has 0 radical (unpaired) electrons. The van der Waals surface area contributed by atoms with Gasteiger partial charge in [-0.05, 0) is 31.3 Å². The number of nitrogens with one attached hydrogen (secondary N) is 3. The second-order valence-electron chi connectivity index (χ2n) is 6.44. The molecule has 0 aliphatic heterocycles. The zero-order chi connectivity index (χ0) is 21.3. The van der Waals surface area contributed by atoms with E-state index in [1.165, 1.54) is 11.8 Å². The van der Waals surface area contributed by atoms with Gasteiger partial charge in [-0.25, -0.2) is 0 Å². The molecule has 0 spiro atoms. The molecule has 0 aliphatic carbocycles. The number of hydrogen-bond acceptors (Lipinski definition) is 5. The number of benzene rings is 2. The molecule has 3 rings (SSSR count). The van der Waals surface area contributed by atoms with Gasteiger partial charge in [-0.15, -0.1) is 10.2 Å². The number of hydrogen-bond donors (Lipinski definition) is 3. The lowest BCUT2D eigenvalue weighted by Gasteiger charge is -2.12. The molecular formula is C21H22N6OS2. The average molecular weight is 439 g/mol. The van der Waals surface area contributed by atoms with Crippen molar-refractivity contribution < 1.29 is 4.79 Å². The fraction of sp³-hybridized carbons (Fsp3) is 0.143. The molecule has 9 heteroatoms. The summed E-state index contributed by atoms with van der Waals surface area (Å²) in [6, 6.07) is 19.6. The molecule has 2 aromatic carbocycles. The first-order valence-corrected chi connectivity index (χ1v) is 10.6. The van der Waals surface area contributed by atoms with Gasteiger partial charge < -0.3 is 5.32 Å². The fourth-order valence-corrected chi connectivity index (χ4v) is 3.39. The normalized spacial score (nSPS) is 10.3. The summed E-state index contributed by atoms with van der Waals surface area (Å²) in [7, 11) is 0. The zero-order valence-electron chi connectivity index (χ0n) is 16.5. The first-order valence-electron chi connectivity index (χ1n) is 9.20. The third-order valence-electron chi connectivity index (χ3n) is 3.88. The van der Waals surface area contributed by atoms with Gasteiger partial charge in [-0.2, -0.15) is 0 Å². The highest BCUT2D eigenvalue weighted by atomic mass is 32.2. The molecule has 1 aromatic heterocycles. The van der Waals surface area contributed by atoms with Crippen LogP contribution >= 0.6 is 24.0 Å². The monoisotopic (exact) mass is 438 g/mol. The number of carbonyl (C=O) groups is 1. The highest BCUT2D eigenvalue weighted by Gasteiger charge is 2.17. The van der Waals surface area contributed by atoms with Gasteiger partial charge in [0.25, 0.3) is 0 Å². The number of para-hydroxylation sites is 1. The minimum absolute atomic E-state index is 0.149. The van der Waals surface area contributed by atoms with E-state index < -0.39 is 0 Å². The molecule has 1 heterocycles. The maximum atomic E-state index is 12.2. The molecule has 154 valence electrons. The van der Waals surface area contributed by atoms with Gasteiger partial charge in [0, 0.05) is 17.8 Å². The third-order valence-corrected chi connectivity index (χ3v) is 5.05. The molecule has 0 fully saturated rings. The van der Waals surface area contributed by atoms with Gasteiger partial charge in [0.15, 0.2) is 16.1 Å². The van der Waals surface area contributed by atoms with E-state index in [1.54, 1.807) is 0 Å². The molecule has 0 saturated carbocycles. The Morgan fingerprint density at radius 3 is 2.40 bits per heavy atom. The van der Waals surface area contributed by atoms with Gasteiger partial charge in [0.05, 0.1) is 5.75 Å². The second kappa shape index (κ2) is 10.6. The number of thiocarbonyl (C=S) groups is 1. The average Bonchev–Trinajstić information content (AvgIpc) is 3.20. The molecule has 7 nitrogen and oxygen atoms in total. The summed E-state index contributed by atoms with van der Waals surface area (Å²) >= 11 is 6.39. The van der Waals surface area contributed by atoms with Gasteiger partial charge >= 0.3 is 0 Å². The van der Waals surface area contributed by atoms with E-state index in [9.17, 15) is 4.79 Å². The van der Waals surface area contributed by atoms with Crippen molar-refractivity contribution in [2.45, 2.75) is 12.1 Å². The van der Waals surface area contributed by atoms with E-state index in [1.807, 2.05) is 72.2 Å². The third kappa shape index (κ3) is 5.91. The van der Waals surface area contributed by atoms with Crippen molar-refractivity contribution in [2.75, 3.05) is 12.3 Å². The van der Waals surface area contributed by atoms with E-state index in [0.29, 0.717) is 22.6 Å². The summed E-state index contributed by atoms with van der Waals surface area (Å²) < 4.78 is 1.94. The predicted octanol–water partition coefficient (Wildman–Crippen LogP) is 3.10. The van der Waals surface area contributed by atoms with E-state index in [4.69, 9.17) is 12.2 Å². The lowest BCUT2D eigenvalue weighted by Crippen LogP contribution is -2.47. The number of thioether (sulfide) groups is 1. The molecular weight excluding hydrogens is 416 g/mol. The Hall–Kier alpha value is -3.17. The summed E-state index contributed by atoms with van der Waals surface area (Å²) in [4.78, 5) is 12.2. The van der Waals surface area contributed by atoms with Crippen molar-refractivity contribution in [3.63, 3.8) is 0 Å². The molecule has 3 aromatic rings. The summed E-state index contributed by atoms with van der Waals surface area (Å²) in [5.41, 5.74) is 8.06. The molecule has 0 saturated heterocycles. The SMILES string of the molecule is C=C(C)CNC(=S)NNC(=O)CSc1nnc(-c2ccccc2)n1-c1ccccc1. The highest BCUT2D eigenvalue weighted by molar-refractivity contribution is 7.99. The van der Waals surface area contributed by atoms with Crippen LogP contribution in [0.1, 0.15) is 6.92 Å². The first-order chi connectivity index (χ1) is 14.5. The molecule has 0 aliphatic rings. The molecule has 30 heavy (non-hydrogen) atoms. The Kier molecular flexibility index (Phi) is 7.58. The smallest absolute Gasteiger partial charge is 0.248 e. The molecule has 1 amide bonds. The zero-order valence-corrected chi connectivity index (χ0v) is 18.1. The van der Waals surface area contributed by atoms with Crippen molar-refractivity contribution >= 4 is 35.0 Å². The lowest BCUT2D eigenvalue weighted by atomic mass is 10.2.